The van der Waals surface area contributed by atoms with Crippen LogP contribution in [0.4, 0.5) is 0 Å². The van der Waals surface area contributed by atoms with Gasteiger partial charge >= 0.3 is 5.97 Å². The van der Waals surface area contributed by atoms with Crippen LogP contribution in [0, 0.1) is 0 Å². The molecule has 0 bridgehead atoms. The number of benzene rings is 2. The molecule has 3 rings (SSSR count). The van der Waals surface area contributed by atoms with Crippen LogP contribution in [0.25, 0.3) is 0 Å². The van der Waals surface area contributed by atoms with Gasteiger partial charge in [0.05, 0.1) is 6.42 Å². The van der Waals surface area contributed by atoms with Crippen molar-refractivity contribution in [3.8, 4) is 17.4 Å². The van der Waals surface area contributed by atoms with Crippen molar-refractivity contribution in [2.45, 2.75) is 13.0 Å². The van der Waals surface area contributed by atoms with Crippen molar-refractivity contribution < 1.29 is 19.4 Å². The molecule has 25 heavy (non-hydrogen) atoms. The molecule has 0 saturated carbocycles. The van der Waals surface area contributed by atoms with Crippen LogP contribution in [0.5, 0.6) is 17.4 Å². The van der Waals surface area contributed by atoms with Crippen molar-refractivity contribution in [1.29, 1.82) is 0 Å². The SMILES string of the molecule is O=C(O)Cc1ccc(Oc2ccc(OCc3ccccc3)cc2)nc1. The molecule has 0 fully saturated rings. The quantitative estimate of drug-likeness (QED) is 0.704. The number of aliphatic carboxylic acids is 1. The Kier molecular flexibility index (Phi) is 5.26. The average molecular weight is 335 g/mol. The van der Waals surface area contributed by atoms with Crippen LogP contribution >= 0.6 is 0 Å². The number of nitrogens with zero attached hydrogens (tertiary/aromatic N) is 1. The monoisotopic (exact) mass is 335 g/mol. The number of hydrogen-bond acceptors (Lipinski definition) is 4. The second kappa shape index (κ2) is 7.97. The normalized spacial score (nSPS) is 10.2. The summed E-state index contributed by atoms with van der Waals surface area (Å²) in [6.45, 7) is 0.508. The number of carboxylic acid groups (broad SMARTS) is 1. The summed E-state index contributed by atoms with van der Waals surface area (Å²) in [4.78, 5) is 14.8. The molecule has 1 aromatic heterocycles. The van der Waals surface area contributed by atoms with E-state index in [1.165, 1.54) is 6.20 Å². The van der Waals surface area contributed by atoms with Gasteiger partial charge in [-0.15, -0.1) is 0 Å². The van der Waals surface area contributed by atoms with E-state index in [0.717, 1.165) is 11.3 Å². The topological polar surface area (TPSA) is 68.7 Å². The second-order valence-electron chi connectivity index (χ2n) is 5.42. The minimum absolute atomic E-state index is 0.0548. The third-order valence-electron chi connectivity index (χ3n) is 3.45. The van der Waals surface area contributed by atoms with E-state index in [-0.39, 0.29) is 6.42 Å². The van der Waals surface area contributed by atoms with Crippen molar-refractivity contribution in [3.05, 3.63) is 84.1 Å². The van der Waals surface area contributed by atoms with Crippen LogP contribution in [-0.4, -0.2) is 16.1 Å². The Morgan fingerprint density at radius 1 is 0.880 bits per heavy atom. The number of carbonyl (C=O) groups is 1. The van der Waals surface area contributed by atoms with E-state index in [2.05, 4.69) is 4.98 Å². The number of carboxylic acids is 1. The van der Waals surface area contributed by atoms with Gasteiger partial charge in [0, 0.05) is 12.3 Å². The molecule has 1 heterocycles. The maximum Gasteiger partial charge on any atom is 0.307 e. The highest BCUT2D eigenvalue weighted by atomic mass is 16.5. The van der Waals surface area contributed by atoms with Crippen LogP contribution in [-0.2, 0) is 17.8 Å². The fourth-order valence-corrected chi connectivity index (χ4v) is 2.22. The van der Waals surface area contributed by atoms with Gasteiger partial charge in [0.2, 0.25) is 5.88 Å². The Balaban J connectivity index is 1.56. The molecule has 0 aliphatic carbocycles. The van der Waals surface area contributed by atoms with Gasteiger partial charge in [-0.2, -0.15) is 0 Å². The van der Waals surface area contributed by atoms with E-state index in [1.54, 1.807) is 24.3 Å². The molecule has 5 nitrogen and oxygen atoms in total. The largest absolute Gasteiger partial charge is 0.489 e. The Labute approximate surface area is 145 Å². The zero-order chi connectivity index (χ0) is 17.5. The van der Waals surface area contributed by atoms with Gasteiger partial charge in [-0.3, -0.25) is 4.79 Å². The van der Waals surface area contributed by atoms with Gasteiger partial charge in [0.25, 0.3) is 0 Å². The van der Waals surface area contributed by atoms with Crippen molar-refractivity contribution in [2.24, 2.45) is 0 Å². The molecule has 1 N–H and O–H groups in total. The van der Waals surface area contributed by atoms with Crippen molar-refractivity contribution in [1.82, 2.24) is 4.98 Å². The molecule has 0 spiro atoms. The maximum atomic E-state index is 10.6. The van der Waals surface area contributed by atoms with Crippen molar-refractivity contribution in [3.63, 3.8) is 0 Å². The van der Waals surface area contributed by atoms with E-state index in [4.69, 9.17) is 14.6 Å². The van der Waals surface area contributed by atoms with E-state index >= 15 is 0 Å². The molecule has 3 aromatic rings. The van der Waals surface area contributed by atoms with E-state index in [9.17, 15) is 4.79 Å². The first kappa shape index (κ1) is 16.5. The van der Waals surface area contributed by atoms with Gasteiger partial charge < -0.3 is 14.6 Å². The summed E-state index contributed by atoms with van der Waals surface area (Å²) in [5.74, 6) is 0.903. The van der Waals surface area contributed by atoms with E-state index in [0.29, 0.717) is 23.8 Å². The van der Waals surface area contributed by atoms with E-state index < -0.39 is 5.97 Å². The standard InChI is InChI=1S/C20H17NO4/c22-20(23)12-16-6-11-19(21-13-16)25-18-9-7-17(8-10-18)24-14-15-4-2-1-3-5-15/h1-11,13H,12,14H2,(H,22,23). The molecular weight excluding hydrogens is 318 g/mol. The van der Waals surface area contributed by atoms with Gasteiger partial charge in [0.15, 0.2) is 0 Å². The number of rotatable bonds is 7. The lowest BCUT2D eigenvalue weighted by Crippen LogP contribution is -2.00. The Bertz CT molecular complexity index is 815. The molecule has 0 amide bonds. The van der Waals surface area contributed by atoms with Gasteiger partial charge in [-0.25, -0.2) is 4.98 Å². The zero-order valence-corrected chi connectivity index (χ0v) is 13.5. The second-order valence-corrected chi connectivity index (χ2v) is 5.42. The van der Waals surface area contributed by atoms with Crippen LogP contribution in [0.2, 0.25) is 0 Å². The highest BCUT2D eigenvalue weighted by Crippen LogP contribution is 2.23. The summed E-state index contributed by atoms with van der Waals surface area (Å²) in [7, 11) is 0. The van der Waals surface area contributed by atoms with Crippen molar-refractivity contribution >= 4 is 5.97 Å². The summed E-state index contributed by atoms with van der Waals surface area (Å²) in [5.41, 5.74) is 1.73. The first-order chi connectivity index (χ1) is 12.2. The molecular formula is C20H17NO4. The summed E-state index contributed by atoms with van der Waals surface area (Å²) < 4.78 is 11.4. The Hall–Kier alpha value is -3.34. The Morgan fingerprint density at radius 2 is 1.60 bits per heavy atom. The number of pyridine rings is 1. The van der Waals surface area contributed by atoms with Gasteiger partial charge in [-0.1, -0.05) is 36.4 Å². The minimum atomic E-state index is -0.887. The third kappa shape index (κ3) is 5.07. The molecule has 5 heteroatoms. The summed E-state index contributed by atoms with van der Waals surface area (Å²) in [6, 6.07) is 20.5. The molecule has 0 saturated heterocycles. The lowest BCUT2D eigenvalue weighted by molar-refractivity contribution is -0.136. The summed E-state index contributed by atoms with van der Waals surface area (Å²) >= 11 is 0. The van der Waals surface area contributed by atoms with Gasteiger partial charge in [0.1, 0.15) is 18.1 Å². The predicted molar refractivity (Wildman–Crippen MR) is 92.9 cm³/mol. The highest BCUT2D eigenvalue weighted by molar-refractivity contribution is 5.70. The predicted octanol–water partition coefficient (Wildman–Crippen LogP) is 4.08. The van der Waals surface area contributed by atoms with Gasteiger partial charge in [-0.05, 0) is 35.4 Å². The molecule has 0 aliphatic heterocycles. The number of aromatic nitrogens is 1. The van der Waals surface area contributed by atoms with Crippen molar-refractivity contribution in [2.75, 3.05) is 0 Å². The first-order valence-electron chi connectivity index (χ1n) is 7.80. The lowest BCUT2D eigenvalue weighted by atomic mass is 10.2. The summed E-state index contributed by atoms with van der Waals surface area (Å²) in [6.07, 6.45) is 1.45. The molecule has 0 atom stereocenters. The average Bonchev–Trinajstić information content (AvgIpc) is 2.63. The number of hydrogen-bond donors (Lipinski definition) is 1. The molecule has 0 radical (unpaired) electrons. The first-order valence-corrected chi connectivity index (χ1v) is 7.80. The minimum Gasteiger partial charge on any atom is -0.489 e. The number of ether oxygens (including phenoxy) is 2. The molecule has 126 valence electrons. The zero-order valence-electron chi connectivity index (χ0n) is 13.5. The van der Waals surface area contributed by atoms with Crippen LogP contribution in [0.3, 0.4) is 0 Å². The van der Waals surface area contributed by atoms with Crippen LogP contribution < -0.4 is 9.47 Å². The highest BCUT2D eigenvalue weighted by Gasteiger charge is 2.03. The maximum absolute atomic E-state index is 10.6. The molecule has 2 aromatic carbocycles. The van der Waals surface area contributed by atoms with Crippen LogP contribution in [0.1, 0.15) is 11.1 Å². The fraction of sp³-hybridized carbons (Fsp3) is 0.100. The third-order valence-corrected chi connectivity index (χ3v) is 3.45. The molecule has 0 aliphatic rings. The lowest BCUT2D eigenvalue weighted by Gasteiger charge is -2.08. The smallest absolute Gasteiger partial charge is 0.307 e. The Morgan fingerprint density at radius 3 is 2.24 bits per heavy atom. The van der Waals surface area contributed by atoms with Crippen LogP contribution in [0.15, 0.2) is 72.9 Å². The molecule has 0 unspecified atom stereocenters. The summed E-state index contributed by atoms with van der Waals surface area (Å²) in [5, 5.41) is 8.74. The fourth-order valence-electron chi connectivity index (χ4n) is 2.22. The van der Waals surface area contributed by atoms with E-state index in [1.807, 2.05) is 42.5 Å².